The van der Waals surface area contributed by atoms with E-state index in [0.29, 0.717) is 35.5 Å². The first-order valence-corrected chi connectivity index (χ1v) is 7.87. The van der Waals surface area contributed by atoms with Crippen molar-refractivity contribution in [3.63, 3.8) is 0 Å². The van der Waals surface area contributed by atoms with Gasteiger partial charge < -0.3 is 9.47 Å². The molecule has 0 aromatic heterocycles. The van der Waals surface area contributed by atoms with Crippen LogP contribution in [0.25, 0.3) is 0 Å². The highest BCUT2D eigenvalue weighted by molar-refractivity contribution is 5.49. The lowest BCUT2D eigenvalue weighted by molar-refractivity contribution is -0.234. The summed E-state index contributed by atoms with van der Waals surface area (Å²) in [7, 11) is 3.60. The average Bonchev–Trinajstić information content (AvgIpc) is 3.07. The Balaban J connectivity index is 1.70. The first kappa shape index (κ1) is 12.2. The van der Waals surface area contributed by atoms with Crippen molar-refractivity contribution in [2.24, 2.45) is 23.7 Å². The zero-order chi connectivity index (χ0) is 14.2. The third-order valence-corrected chi connectivity index (χ3v) is 6.44. The number of methoxy groups -OCH3 is 2. The Kier molecular flexibility index (Phi) is 2.25. The fourth-order valence-electron chi connectivity index (χ4n) is 5.79. The fraction of sp³-hybridized carbons (Fsp3) is 0.474. The van der Waals surface area contributed by atoms with E-state index in [2.05, 4.69) is 48.6 Å². The van der Waals surface area contributed by atoms with Crippen LogP contribution in [0.5, 0.6) is 0 Å². The zero-order valence-corrected chi connectivity index (χ0v) is 12.4. The molecule has 0 aliphatic heterocycles. The molecular formula is C19H20O2. The Morgan fingerprint density at radius 1 is 0.762 bits per heavy atom. The topological polar surface area (TPSA) is 18.5 Å². The van der Waals surface area contributed by atoms with Crippen molar-refractivity contribution in [2.75, 3.05) is 14.2 Å². The minimum atomic E-state index is -0.445. The Morgan fingerprint density at radius 3 is 1.67 bits per heavy atom. The molecule has 2 nitrogen and oxygen atoms in total. The lowest BCUT2D eigenvalue weighted by atomic mass is 9.57. The molecule has 6 atom stereocenters. The SMILES string of the molecule is COC1(OC)[C@H]2C=C[C@H]1[C@@H]1[C@@H]2[C@H]2C=C[C@H]1c1ccccc12. The molecule has 1 aromatic rings. The van der Waals surface area contributed by atoms with Crippen molar-refractivity contribution in [1.29, 1.82) is 0 Å². The Labute approximate surface area is 125 Å². The van der Waals surface area contributed by atoms with Gasteiger partial charge in [0.05, 0.1) is 0 Å². The highest BCUT2D eigenvalue weighted by Gasteiger charge is 2.67. The van der Waals surface area contributed by atoms with Crippen molar-refractivity contribution >= 4 is 0 Å². The van der Waals surface area contributed by atoms with Gasteiger partial charge in [-0.3, -0.25) is 0 Å². The van der Waals surface area contributed by atoms with Crippen LogP contribution in [0.3, 0.4) is 0 Å². The second-order valence-electron chi connectivity index (χ2n) is 6.79. The van der Waals surface area contributed by atoms with E-state index in [1.807, 2.05) is 0 Å². The molecule has 1 saturated carbocycles. The first-order valence-electron chi connectivity index (χ1n) is 7.87. The maximum absolute atomic E-state index is 5.94. The summed E-state index contributed by atoms with van der Waals surface area (Å²) in [6, 6.07) is 8.96. The van der Waals surface area contributed by atoms with Crippen molar-refractivity contribution < 1.29 is 9.47 Å². The lowest BCUT2D eigenvalue weighted by Crippen LogP contribution is -2.41. The van der Waals surface area contributed by atoms with Crippen LogP contribution >= 0.6 is 0 Å². The van der Waals surface area contributed by atoms with E-state index in [0.717, 1.165) is 0 Å². The van der Waals surface area contributed by atoms with Gasteiger partial charge in [-0.05, 0) is 23.0 Å². The zero-order valence-electron chi connectivity index (χ0n) is 12.4. The molecule has 0 heterocycles. The minimum absolute atomic E-state index is 0.369. The second kappa shape index (κ2) is 3.88. The van der Waals surface area contributed by atoms with E-state index < -0.39 is 5.79 Å². The largest absolute Gasteiger partial charge is 0.352 e. The molecule has 0 spiro atoms. The average molecular weight is 280 g/mol. The van der Waals surface area contributed by atoms with Crippen LogP contribution in [-0.2, 0) is 9.47 Å². The molecule has 0 unspecified atom stereocenters. The quantitative estimate of drug-likeness (QED) is 0.610. The van der Waals surface area contributed by atoms with Crippen LogP contribution in [0.1, 0.15) is 23.0 Å². The highest BCUT2D eigenvalue weighted by Crippen LogP contribution is 2.68. The molecule has 0 amide bonds. The van der Waals surface area contributed by atoms with Gasteiger partial charge in [0.25, 0.3) is 0 Å². The summed E-state index contributed by atoms with van der Waals surface area (Å²) < 4.78 is 11.9. The maximum atomic E-state index is 5.94. The second-order valence-corrected chi connectivity index (χ2v) is 6.79. The Bertz CT molecular complexity index is 604. The van der Waals surface area contributed by atoms with Crippen molar-refractivity contribution in [3.05, 3.63) is 59.7 Å². The van der Waals surface area contributed by atoms with Gasteiger partial charge in [0.1, 0.15) is 0 Å². The maximum Gasteiger partial charge on any atom is 0.180 e. The molecule has 2 heteroatoms. The molecule has 1 fully saturated rings. The van der Waals surface area contributed by atoms with Crippen LogP contribution in [-0.4, -0.2) is 20.0 Å². The fourth-order valence-corrected chi connectivity index (χ4v) is 5.79. The molecule has 21 heavy (non-hydrogen) atoms. The number of allylic oxidation sites excluding steroid dienone is 2. The first-order chi connectivity index (χ1) is 10.3. The van der Waals surface area contributed by atoms with Gasteiger partial charge in [-0.1, -0.05) is 48.6 Å². The van der Waals surface area contributed by atoms with E-state index in [-0.39, 0.29) is 0 Å². The molecule has 0 N–H and O–H groups in total. The van der Waals surface area contributed by atoms with E-state index in [4.69, 9.17) is 9.47 Å². The summed E-state index contributed by atoms with van der Waals surface area (Å²) in [4.78, 5) is 0. The summed E-state index contributed by atoms with van der Waals surface area (Å²) in [5.74, 6) is 2.55. The summed E-state index contributed by atoms with van der Waals surface area (Å²) in [5, 5.41) is 0. The molecule has 4 bridgehead atoms. The molecule has 0 saturated heterocycles. The van der Waals surface area contributed by atoms with Crippen molar-refractivity contribution in [2.45, 2.75) is 17.6 Å². The standard InChI is InChI=1S/C19H20O2/c1-20-19(21-2)15-9-10-16(19)18-14-8-7-13(17(15)18)11-5-3-4-6-12(11)14/h3-10,13-18H,1-2H3/t13-,14-,15-,16-,17+,18+/m0/s1. The molecule has 108 valence electrons. The van der Waals surface area contributed by atoms with Gasteiger partial charge >= 0.3 is 0 Å². The minimum Gasteiger partial charge on any atom is -0.352 e. The van der Waals surface area contributed by atoms with Gasteiger partial charge in [0.15, 0.2) is 5.79 Å². The third kappa shape index (κ3) is 1.19. The molecular weight excluding hydrogens is 260 g/mol. The number of fused-ring (bicyclic) bond motifs is 2. The van der Waals surface area contributed by atoms with E-state index >= 15 is 0 Å². The van der Waals surface area contributed by atoms with E-state index in [1.165, 1.54) is 11.1 Å². The normalized spacial score (nSPS) is 43.1. The molecule has 0 radical (unpaired) electrons. The van der Waals surface area contributed by atoms with E-state index in [9.17, 15) is 0 Å². The van der Waals surface area contributed by atoms with Gasteiger partial charge in [0.2, 0.25) is 0 Å². The van der Waals surface area contributed by atoms with Crippen LogP contribution in [0.15, 0.2) is 48.6 Å². The van der Waals surface area contributed by atoms with Crippen LogP contribution < -0.4 is 0 Å². The van der Waals surface area contributed by atoms with E-state index in [1.54, 1.807) is 14.2 Å². The number of benzene rings is 1. The lowest BCUT2D eigenvalue weighted by Gasteiger charge is -2.46. The molecule has 5 aliphatic carbocycles. The summed E-state index contributed by atoms with van der Waals surface area (Å²) in [6.45, 7) is 0. The van der Waals surface area contributed by atoms with Crippen LogP contribution in [0, 0.1) is 23.7 Å². The highest BCUT2D eigenvalue weighted by atomic mass is 16.7. The third-order valence-electron chi connectivity index (χ3n) is 6.44. The van der Waals surface area contributed by atoms with Crippen molar-refractivity contribution in [3.8, 4) is 0 Å². The van der Waals surface area contributed by atoms with Crippen molar-refractivity contribution in [1.82, 2.24) is 0 Å². The Morgan fingerprint density at radius 2 is 1.24 bits per heavy atom. The molecule has 1 aromatic carbocycles. The van der Waals surface area contributed by atoms with Gasteiger partial charge in [0, 0.05) is 37.9 Å². The van der Waals surface area contributed by atoms with Crippen LogP contribution in [0.4, 0.5) is 0 Å². The summed E-state index contributed by atoms with van der Waals surface area (Å²) in [5.41, 5.74) is 3.04. The number of ether oxygens (including phenoxy) is 2. The van der Waals surface area contributed by atoms with Gasteiger partial charge in [-0.15, -0.1) is 0 Å². The molecule has 5 aliphatic rings. The predicted octanol–water partition coefficient (Wildman–Crippen LogP) is 3.47. The Hall–Kier alpha value is -1.38. The number of hydrogen-bond donors (Lipinski definition) is 0. The smallest absolute Gasteiger partial charge is 0.180 e. The monoisotopic (exact) mass is 280 g/mol. The van der Waals surface area contributed by atoms with Gasteiger partial charge in [-0.25, -0.2) is 0 Å². The number of hydrogen-bond acceptors (Lipinski definition) is 2. The predicted molar refractivity (Wildman–Crippen MR) is 80.9 cm³/mol. The summed E-state index contributed by atoms with van der Waals surface area (Å²) >= 11 is 0. The number of rotatable bonds is 2. The van der Waals surface area contributed by atoms with Gasteiger partial charge in [-0.2, -0.15) is 0 Å². The summed E-state index contributed by atoms with van der Waals surface area (Å²) in [6.07, 6.45) is 9.55. The van der Waals surface area contributed by atoms with Crippen LogP contribution in [0.2, 0.25) is 0 Å². The molecule has 6 rings (SSSR count).